The van der Waals surface area contributed by atoms with Crippen LogP contribution in [0.25, 0.3) is 0 Å². The van der Waals surface area contributed by atoms with Gasteiger partial charge in [-0.2, -0.15) is 0 Å². The average molecular weight is 423 g/mol. The molecule has 31 heavy (non-hydrogen) atoms. The molecule has 0 saturated carbocycles. The summed E-state index contributed by atoms with van der Waals surface area (Å²) in [5.74, 6) is -1.60. The van der Waals surface area contributed by atoms with Crippen molar-refractivity contribution in [2.45, 2.75) is 18.8 Å². The van der Waals surface area contributed by atoms with E-state index in [4.69, 9.17) is 15.9 Å². The second-order valence-electron chi connectivity index (χ2n) is 7.23. The van der Waals surface area contributed by atoms with E-state index in [1.165, 1.54) is 17.0 Å². The third kappa shape index (κ3) is 3.98. The molecule has 2 aliphatic rings. The SMILES string of the molecule is N=C(N)c1ccc(NC(=O)[C@H](O)[C@H]2OCCN(c3ccc4c(c3)CNC4=O)C2=O)cc1. The first kappa shape index (κ1) is 20.5. The van der Waals surface area contributed by atoms with E-state index in [9.17, 15) is 19.5 Å². The molecule has 1 fully saturated rings. The van der Waals surface area contributed by atoms with Crippen LogP contribution >= 0.6 is 0 Å². The van der Waals surface area contributed by atoms with Gasteiger partial charge in [0.05, 0.1) is 6.61 Å². The van der Waals surface area contributed by atoms with E-state index in [0.29, 0.717) is 29.0 Å². The van der Waals surface area contributed by atoms with Gasteiger partial charge < -0.3 is 31.1 Å². The summed E-state index contributed by atoms with van der Waals surface area (Å²) in [5, 5.41) is 23.1. The van der Waals surface area contributed by atoms with Crippen LogP contribution in [0.4, 0.5) is 11.4 Å². The number of carbonyl (C=O) groups excluding carboxylic acids is 3. The highest BCUT2D eigenvalue weighted by atomic mass is 16.5. The molecular weight excluding hydrogens is 402 g/mol. The number of benzene rings is 2. The van der Waals surface area contributed by atoms with Crippen LogP contribution < -0.4 is 21.3 Å². The smallest absolute Gasteiger partial charge is 0.259 e. The highest BCUT2D eigenvalue weighted by molar-refractivity contribution is 6.05. The maximum absolute atomic E-state index is 12.9. The molecule has 2 heterocycles. The normalized spacial score (nSPS) is 18.9. The highest BCUT2D eigenvalue weighted by Crippen LogP contribution is 2.26. The van der Waals surface area contributed by atoms with E-state index < -0.39 is 24.0 Å². The summed E-state index contributed by atoms with van der Waals surface area (Å²) in [4.78, 5) is 38.6. The van der Waals surface area contributed by atoms with Gasteiger partial charge in [-0.15, -0.1) is 0 Å². The van der Waals surface area contributed by atoms with E-state index in [0.717, 1.165) is 5.56 Å². The monoisotopic (exact) mass is 423 g/mol. The molecule has 2 aromatic carbocycles. The lowest BCUT2D eigenvalue weighted by Gasteiger charge is -2.34. The molecule has 0 radical (unpaired) electrons. The minimum atomic E-state index is -1.72. The van der Waals surface area contributed by atoms with Crippen molar-refractivity contribution in [3.8, 4) is 0 Å². The fraction of sp³-hybridized carbons (Fsp3) is 0.238. The Kier molecular flexibility index (Phi) is 5.40. The van der Waals surface area contributed by atoms with Gasteiger partial charge in [0, 0.05) is 35.6 Å². The third-order valence-corrected chi connectivity index (χ3v) is 5.23. The van der Waals surface area contributed by atoms with Crippen molar-refractivity contribution in [1.29, 1.82) is 5.41 Å². The van der Waals surface area contributed by atoms with Crippen LogP contribution in [0.3, 0.4) is 0 Å². The number of hydrogen-bond donors (Lipinski definition) is 5. The number of nitrogens with zero attached hydrogens (tertiary/aromatic N) is 1. The zero-order valence-corrected chi connectivity index (χ0v) is 16.4. The zero-order chi connectivity index (χ0) is 22.1. The van der Waals surface area contributed by atoms with Crippen molar-refractivity contribution in [3.63, 3.8) is 0 Å². The number of ether oxygens (including phenoxy) is 1. The molecule has 0 aliphatic carbocycles. The number of aliphatic hydroxyl groups is 1. The molecule has 2 aliphatic heterocycles. The Morgan fingerprint density at radius 3 is 2.71 bits per heavy atom. The summed E-state index contributed by atoms with van der Waals surface area (Å²) in [6.45, 7) is 0.788. The first-order valence-electron chi connectivity index (χ1n) is 9.62. The molecule has 10 nitrogen and oxygen atoms in total. The minimum Gasteiger partial charge on any atom is -0.384 e. The van der Waals surface area contributed by atoms with Crippen LogP contribution in [-0.4, -0.2) is 54.0 Å². The van der Waals surface area contributed by atoms with Crippen molar-refractivity contribution in [3.05, 3.63) is 59.2 Å². The number of nitrogen functional groups attached to an aromatic ring is 1. The predicted molar refractivity (Wildman–Crippen MR) is 112 cm³/mol. The van der Waals surface area contributed by atoms with Gasteiger partial charge in [-0.25, -0.2) is 0 Å². The van der Waals surface area contributed by atoms with Gasteiger partial charge in [-0.05, 0) is 48.0 Å². The standard InChI is InChI=1S/C21H21N5O5/c22-18(23)11-1-3-13(4-2-11)25-20(29)16(27)17-21(30)26(7-8-31-17)14-5-6-15-12(9-14)10-24-19(15)28/h1-6,9,16-17,27H,7-8,10H2,(H3,22,23)(H,24,28)(H,25,29)/t16-,17-/m1/s1. The molecule has 6 N–H and O–H groups in total. The molecule has 1 saturated heterocycles. The minimum absolute atomic E-state index is 0.106. The molecule has 0 spiro atoms. The summed E-state index contributed by atoms with van der Waals surface area (Å²) in [6.07, 6.45) is -3.08. The van der Waals surface area contributed by atoms with Crippen molar-refractivity contribution in [1.82, 2.24) is 5.32 Å². The Morgan fingerprint density at radius 1 is 1.26 bits per heavy atom. The number of rotatable bonds is 5. The first-order chi connectivity index (χ1) is 14.8. The highest BCUT2D eigenvalue weighted by Gasteiger charge is 2.39. The quantitative estimate of drug-likeness (QED) is 0.335. The van der Waals surface area contributed by atoms with Gasteiger partial charge in [-0.3, -0.25) is 19.8 Å². The summed E-state index contributed by atoms with van der Waals surface area (Å²) < 4.78 is 5.41. The maximum Gasteiger partial charge on any atom is 0.259 e. The molecule has 160 valence electrons. The lowest BCUT2D eigenvalue weighted by molar-refractivity contribution is -0.150. The Hall–Kier alpha value is -3.76. The van der Waals surface area contributed by atoms with Gasteiger partial charge in [0.25, 0.3) is 17.7 Å². The lowest BCUT2D eigenvalue weighted by Crippen LogP contribution is -2.55. The summed E-state index contributed by atoms with van der Waals surface area (Å²) in [5.41, 5.74) is 8.19. The number of amides is 3. The fourth-order valence-electron chi connectivity index (χ4n) is 3.56. The van der Waals surface area contributed by atoms with Crippen molar-refractivity contribution >= 4 is 34.9 Å². The van der Waals surface area contributed by atoms with Gasteiger partial charge >= 0.3 is 0 Å². The number of nitrogens with one attached hydrogen (secondary N) is 3. The van der Waals surface area contributed by atoms with Crippen LogP contribution in [0.15, 0.2) is 42.5 Å². The topological polar surface area (TPSA) is 158 Å². The molecule has 0 bridgehead atoms. The first-order valence-corrected chi connectivity index (χ1v) is 9.62. The van der Waals surface area contributed by atoms with Gasteiger partial charge in [0.2, 0.25) is 0 Å². The predicted octanol–water partition coefficient (Wildman–Crippen LogP) is -0.0545. The number of nitrogens with two attached hydrogens (primary N) is 1. The molecule has 2 aromatic rings. The fourth-order valence-corrected chi connectivity index (χ4v) is 3.56. The summed E-state index contributed by atoms with van der Waals surface area (Å²) in [6, 6.07) is 11.2. The van der Waals surface area contributed by atoms with Crippen molar-refractivity contribution in [2.24, 2.45) is 5.73 Å². The third-order valence-electron chi connectivity index (χ3n) is 5.23. The van der Waals surface area contributed by atoms with Crippen molar-refractivity contribution in [2.75, 3.05) is 23.4 Å². The molecule has 4 rings (SSSR count). The van der Waals surface area contributed by atoms with Crippen LogP contribution in [0, 0.1) is 5.41 Å². The summed E-state index contributed by atoms with van der Waals surface area (Å²) >= 11 is 0. The number of hydrogen-bond acceptors (Lipinski definition) is 6. The number of carbonyl (C=O) groups is 3. The lowest BCUT2D eigenvalue weighted by atomic mass is 10.1. The molecule has 2 atom stereocenters. The second kappa shape index (κ2) is 8.17. The van der Waals surface area contributed by atoms with Crippen LogP contribution in [0.1, 0.15) is 21.5 Å². The second-order valence-corrected chi connectivity index (χ2v) is 7.23. The van der Waals surface area contributed by atoms with Crippen LogP contribution in [-0.2, 0) is 20.9 Å². The molecular formula is C21H21N5O5. The van der Waals surface area contributed by atoms with E-state index >= 15 is 0 Å². The number of fused-ring (bicyclic) bond motifs is 1. The molecule has 10 heteroatoms. The number of aliphatic hydroxyl groups excluding tert-OH is 1. The Balaban J connectivity index is 1.46. The average Bonchev–Trinajstić information content (AvgIpc) is 3.14. The van der Waals surface area contributed by atoms with Crippen molar-refractivity contribution < 1.29 is 24.2 Å². The van der Waals surface area contributed by atoms with Crippen LogP contribution in [0.5, 0.6) is 0 Å². The molecule has 0 aromatic heterocycles. The van der Waals surface area contributed by atoms with E-state index in [2.05, 4.69) is 10.6 Å². The van der Waals surface area contributed by atoms with Gasteiger partial charge in [0.1, 0.15) is 5.84 Å². The zero-order valence-electron chi connectivity index (χ0n) is 16.4. The van der Waals surface area contributed by atoms with Gasteiger partial charge in [0.15, 0.2) is 12.2 Å². The largest absolute Gasteiger partial charge is 0.384 e. The Bertz CT molecular complexity index is 1070. The summed E-state index contributed by atoms with van der Waals surface area (Å²) in [7, 11) is 0. The van der Waals surface area contributed by atoms with E-state index in [1.807, 2.05) is 0 Å². The van der Waals surface area contributed by atoms with E-state index in [-0.39, 0.29) is 24.9 Å². The molecule has 3 amide bonds. The number of anilines is 2. The van der Waals surface area contributed by atoms with Crippen LogP contribution in [0.2, 0.25) is 0 Å². The Morgan fingerprint density at radius 2 is 2.00 bits per heavy atom. The molecule has 0 unspecified atom stereocenters. The number of amidine groups is 1. The van der Waals surface area contributed by atoms with Gasteiger partial charge in [-0.1, -0.05) is 0 Å². The maximum atomic E-state index is 12.9. The van der Waals surface area contributed by atoms with E-state index in [1.54, 1.807) is 30.3 Å². The Labute approximate surface area is 177 Å². The number of morpholine rings is 1.